The molecule has 2 aromatic carbocycles. The van der Waals surface area contributed by atoms with Crippen LogP contribution in [0.15, 0.2) is 57.7 Å². The van der Waals surface area contributed by atoms with Gasteiger partial charge in [-0.05, 0) is 51.5 Å². The number of hydrogen-bond donors (Lipinski definition) is 0. The topological polar surface area (TPSA) is 75.0 Å². The number of unbranched alkanes of at least 4 members (excludes halogenated alkanes) is 7. The molecule has 6 heteroatoms. The SMILES string of the molecule is CCCCCCCCCCOc1c(OC(=O)c2ccccc2)c(=O)oc2c(OC(C)(C)C)cccc12. The fourth-order valence-electron chi connectivity index (χ4n) is 3.93. The molecular formula is C30H38O6. The first kappa shape index (κ1) is 27.3. The van der Waals surface area contributed by atoms with E-state index in [1.165, 1.54) is 32.1 Å². The van der Waals surface area contributed by atoms with E-state index in [2.05, 4.69) is 6.92 Å². The van der Waals surface area contributed by atoms with Crippen LogP contribution in [-0.4, -0.2) is 18.2 Å². The van der Waals surface area contributed by atoms with Crippen LogP contribution in [0.5, 0.6) is 17.2 Å². The summed E-state index contributed by atoms with van der Waals surface area (Å²) in [6, 6.07) is 13.8. The molecule has 0 aliphatic carbocycles. The minimum Gasteiger partial charge on any atom is -0.489 e. The summed E-state index contributed by atoms with van der Waals surface area (Å²) in [5.41, 5.74) is -0.690. The number of fused-ring (bicyclic) bond motifs is 1. The van der Waals surface area contributed by atoms with Gasteiger partial charge in [0.05, 0.1) is 17.6 Å². The van der Waals surface area contributed by atoms with Crippen molar-refractivity contribution in [1.29, 1.82) is 0 Å². The maximum atomic E-state index is 13.0. The molecule has 0 saturated heterocycles. The Balaban J connectivity index is 1.84. The van der Waals surface area contributed by atoms with Crippen molar-refractivity contribution in [2.45, 2.75) is 84.7 Å². The largest absolute Gasteiger partial charge is 0.489 e. The van der Waals surface area contributed by atoms with Crippen molar-refractivity contribution in [1.82, 2.24) is 0 Å². The highest BCUT2D eigenvalue weighted by molar-refractivity contribution is 5.94. The van der Waals surface area contributed by atoms with Crippen molar-refractivity contribution in [2.75, 3.05) is 6.61 Å². The van der Waals surface area contributed by atoms with Crippen molar-refractivity contribution in [3.05, 3.63) is 64.5 Å². The second-order valence-corrected chi connectivity index (χ2v) is 9.97. The highest BCUT2D eigenvalue weighted by Gasteiger charge is 2.24. The van der Waals surface area contributed by atoms with E-state index in [0.717, 1.165) is 19.3 Å². The summed E-state index contributed by atoms with van der Waals surface area (Å²) in [5, 5.41) is 0.520. The highest BCUT2D eigenvalue weighted by atomic mass is 16.6. The van der Waals surface area contributed by atoms with Gasteiger partial charge in [-0.2, -0.15) is 0 Å². The van der Waals surface area contributed by atoms with Gasteiger partial charge in [0.15, 0.2) is 17.1 Å². The minimum absolute atomic E-state index is 0.202. The molecule has 0 amide bonds. The predicted molar refractivity (Wildman–Crippen MR) is 142 cm³/mol. The van der Waals surface area contributed by atoms with Crippen LogP contribution in [-0.2, 0) is 0 Å². The molecule has 0 unspecified atom stereocenters. The Kier molecular flexibility index (Phi) is 9.97. The zero-order valence-corrected chi connectivity index (χ0v) is 21.9. The van der Waals surface area contributed by atoms with E-state index >= 15 is 0 Å². The monoisotopic (exact) mass is 494 g/mol. The molecule has 0 N–H and O–H groups in total. The molecule has 0 atom stereocenters. The van der Waals surface area contributed by atoms with Gasteiger partial charge < -0.3 is 18.6 Å². The number of esters is 1. The molecule has 0 aliphatic rings. The summed E-state index contributed by atoms with van der Waals surface area (Å²) < 4.78 is 23.3. The zero-order chi connectivity index (χ0) is 26.0. The average molecular weight is 495 g/mol. The Labute approximate surface area is 213 Å². The van der Waals surface area contributed by atoms with Crippen molar-refractivity contribution in [3.63, 3.8) is 0 Å². The molecule has 3 rings (SSSR count). The fraction of sp³-hybridized carbons (Fsp3) is 0.467. The number of hydrogen-bond acceptors (Lipinski definition) is 6. The fourth-order valence-corrected chi connectivity index (χ4v) is 3.93. The molecule has 0 bridgehead atoms. The maximum absolute atomic E-state index is 13.0. The van der Waals surface area contributed by atoms with Crippen LogP contribution in [0.25, 0.3) is 11.0 Å². The lowest BCUT2D eigenvalue weighted by atomic mass is 10.1. The number of carbonyl (C=O) groups is 1. The van der Waals surface area contributed by atoms with Gasteiger partial charge in [0.1, 0.15) is 5.60 Å². The van der Waals surface area contributed by atoms with E-state index in [0.29, 0.717) is 23.3 Å². The van der Waals surface area contributed by atoms with E-state index < -0.39 is 17.2 Å². The van der Waals surface area contributed by atoms with Gasteiger partial charge in [-0.25, -0.2) is 9.59 Å². The standard InChI is InChI=1S/C30H38O6/c1-5-6-7-8-9-10-11-15-21-33-26-23-19-16-20-24(36-30(2,3)4)25(23)34-29(32)27(26)35-28(31)22-17-13-12-14-18-22/h12-14,16-20H,5-11,15,21H2,1-4H3. The molecule has 0 fully saturated rings. The maximum Gasteiger partial charge on any atom is 0.383 e. The quantitative estimate of drug-likeness (QED) is 0.138. The second kappa shape index (κ2) is 13.1. The Morgan fingerprint density at radius 3 is 2.17 bits per heavy atom. The zero-order valence-electron chi connectivity index (χ0n) is 21.9. The molecule has 194 valence electrons. The first-order chi connectivity index (χ1) is 17.3. The first-order valence-electron chi connectivity index (χ1n) is 13.0. The normalized spacial score (nSPS) is 11.4. The highest BCUT2D eigenvalue weighted by Crippen LogP contribution is 2.38. The van der Waals surface area contributed by atoms with Crippen molar-refractivity contribution in [2.24, 2.45) is 0 Å². The lowest BCUT2D eigenvalue weighted by molar-refractivity contribution is 0.0721. The molecular weight excluding hydrogens is 456 g/mol. The number of benzene rings is 2. The van der Waals surface area contributed by atoms with Gasteiger partial charge in [0.2, 0.25) is 0 Å². The van der Waals surface area contributed by atoms with Crippen LogP contribution in [0.4, 0.5) is 0 Å². The van der Waals surface area contributed by atoms with E-state index in [4.69, 9.17) is 18.6 Å². The smallest absolute Gasteiger partial charge is 0.383 e. The summed E-state index contributed by atoms with van der Waals surface area (Å²) in [5.74, 6) is -0.270. The number of carbonyl (C=O) groups excluding carboxylic acids is 1. The summed E-state index contributed by atoms with van der Waals surface area (Å²) in [7, 11) is 0. The van der Waals surface area contributed by atoms with E-state index in [9.17, 15) is 9.59 Å². The van der Waals surface area contributed by atoms with Crippen LogP contribution < -0.4 is 19.8 Å². The third-order valence-electron chi connectivity index (χ3n) is 5.67. The third kappa shape index (κ3) is 7.87. The Hall–Kier alpha value is -3.28. The molecule has 3 aromatic rings. The van der Waals surface area contributed by atoms with Gasteiger partial charge in [0.25, 0.3) is 5.75 Å². The molecule has 1 heterocycles. The van der Waals surface area contributed by atoms with Crippen molar-refractivity contribution >= 4 is 16.9 Å². The lowest BCUT2D eigenvalue weighted by Crippen LogP contribution is -2.23. The Morgan fingerprint density at radius 1 is 0.833 bits per heavy atom. The Bertz CT molecular complexity index is 1170. The van der Waals surface area contributed by atoms with Crippen molar-refractivity contribution in [3.8, 4) is 17.2 Å². The molecule has 0 saturated carbocycles. The third-order valence-corrected chi connectivity index (χ3v) is 5.67. The van der Waals surface area contributed by atoms with Crippen molar-refractivity contribution < 1.29 is 23.4 Å². The van der Waals surface area contributed by atoms with Gasteiger partial charge in [-0.3, -0.25) is 0 Å². The minimum atomic E-state index is -0.789. The van der Waals surface area contributed by atoms with E-state index in [1.807, 2.05) is 20.8 Å². The summed E-state index contributed by atoms with van der Waals surface area (Å²) in [6.45, 7) is 8.36. The molecule has 0 spiro atoms. The number of rotatable bonds is 13. The number of para-hydroxylation sites is 1. The van der Waals surface area contributed by atoms with Crippen LogP contribution in [0.3, 0.4) is 0 Å². The van der Waals surface area contributed by atoms with E-state index in [-0.39, 0.29) is 17.1 Å². The summed E-state index contributed by atoms with van der Waals surface area (Å²) >= 11 is 0. The lowest BCUT2D eigenvalue weighted by Gasteiger charge is -2.22. The van der Waals surface area contributed by atoms with Crippen LogP contribution in [0, 0.1) is 0 Å². The molecule has 0 aliphatic heterocycles. The van der Waals surface area contributed by atoms with E-state index in [1.54, 1.807) is 48.5 Å². The molecule has 1 aromatic heterocycles. The van der Waals surface area contributed by atoms with Gasteiger partial charge in [-0.1, -0.05) is 76.1 Å². The van der Waals surface area contributed by atoms with Crippen LogP contribution >= 0.6 is 0 Å². The molecule has 6 nitrogen and oxygen atoms in total. The Morgan fingerprint density at radius 2 is 1.50 bits per heavy atom. The molecule has 0 radical (unpaired) electrons. The van der Waals surface area contributed by atoms with Crippen LogP contribution in [0.1, 0.15) is 89.4 Å². The van der Waals surface area contributed by atoms with Gasteiger partial charge in [0, 0.05) is 0 Å². The summed E-state index contributed by atoms with van der Waals surface area (Å²) in [6.07, 6.45) is 9.30. The predicted octanol–water partition coefficient (Wildman–Crippen LogP) is 7.71. The second-order valence-electron chi connectivity index (χ2n) is 9.97. The first-order valence-corrected chi connectivity index (χ1v) is 13.0. The molecule has 36 heavy (non-hydrogen) atoms. The van der Waals surface area contributed by atoms with Crippen LogP contribution in [0.2, 0.25) is 0 Å². The van der Waals surface area contributed by atoms with Gasteiger partial charge >= 0.3 is 11.6 Å². The van der Waals surface area contributed by atoms with Gasteiger partial charge in [-0.15, -0.1) is 0 Å². The average Bonchev–Trinajstić information content (AvgIpc) is 2.84. The summed E-state index contributed by atoms with van der Waals surface area (Å²) in [4.78, 5) is 25.8. The number of ether oxygens (including phenoxy) is 3.